The van der Waals surface area contributed by atoms with Crippen LogP contribution in [0.1, 0.15) is 60.9 Å². The number of aromatic hydroxyl groups is 2. The van der Waals surface area contributed by atoms with E-state index in [0.29, 0.717) is 38.7 Å². The fourth-order valence-corrected chi connectivity index (χ4v) is 15.2. The standard InChI is InChI=1S/C74H92N18O15S3/c1-40-64(98)87-55(31-43-14-7-4-8-15-43)69(103)91-59(72(106)85-53(63(77)97)29-45-21-25-49(94)26-22-45)38-110-109-37-58(89-66(100)51(75)28-44-19-23-48(93)24-20-44)70(104)83-41(2)65(99)86-54(30-42-12-5-3-6-13-42)68(102)90-57-36-108-39-62(96)92(35-47(84-71(57)105)16-11-27-80-74(78)79)60(32-46-34-81-52-18-10-9-17-50(46)52)73(107)88-56(33-61(76)95)67(101)82-40/h3-10,12-15,17-26,34,40-41,47,51,53-60,81,93-94H,11,16,27-33,35-39,75H2,1-2H3,(H2,76,95)(H2,77,97)(H,82,101)(H,83,104)(H,84,105)(H,85,106)(H,86,99)(H,87,98)(H,88,107)(H,89,100)(H,90,102)(H,91,103)(H4,78,79,80)/t40-,41-,47-,51-,53-,54+,55-,56-,57+,58-,59-,60-/m0/s1. The summed E-state index contributed by atoms with van der Waals surface area (Å²) in [5.74, 6) is -13.7. The monoisotopic (exact) mass is 1570 g/mol. The average molecular weight is 1570 g/mol. The van der Waals surface area contributed by atoms with E-state index in [9.17, 15) is 63.0 Å². The van der Waals surface area contributed by atoms with Gasteiger partial charge in [-0.3, -0.25) is 67.3 Å². The number of phenols is 2. The molecule has 2 bridgehead atoms. The number of aromatic amines is 1. The number of nitrogens with zero attached hydrogens (tertiary/aromatic N) is 2. The number of hydrogen-bond donors (Lipinski definition) is 18. The number of rotatable bonds is 21. The summed E-state index contributed by atoms with van der Waals surface area (Å²) < 4.78 is 0. The lowest BCUT2D eigenvalue weighted by molar-refractivity contribution is -0.141. The molecule has 3 aliphatic heterocycles. The molecule has 6 aromatic rings. The molecule has 1 aromatic heterocycles. The highest BCUT2D eigenvalue weighted by Gasteiger charge is 2.40. The van der Waals surface area contributed by atoms with E-state index in [0.717, 1.165) is 33.3 Å². The van der Waals surface area contributed by atoms with Crippen molar-refractivity contribution in [1.29, 1.82) is 0 Å². The zero-order valence-electron chi connectivity index (χ0n) is 60.3. The number of primary amides is 2. The smallest absolute Gasteiger partial charge is 0.244 e. The Morgan fingerprint density at radius 1 is 0.573 bits per heavy atom. The van der Waals surface area contributed by atoms with E-state index in [2.05, 4.69) is 63.1 Å². The van der Waals surface area contributed by atoms with Crippen LogP contribution in [0.3, 0.4) is 0 Å². The molecule has 0 unspecified atom stereocenters. The number of phenolic OH excluding ortho intramolecular Hbond substituents is 2. The second-order valence-electron chi connectivity index (χ2n) is 26.6. The third kappa shape index (κ3) is 25.9. The van der Waals surface area contributed by atoms with Crippen molar-refractivity contribution in [3.63, 3.8) is 0 Å². The van der Waals surface area contributed by atoms with Gasteiger partial charge in [-0.25, -0.2) is 0 Å². The maximum absolute atomic E-state index is 15.4. The Morgan fingerprint density at radius 2 is 1.12 bits per heavy atom. The molecule has 3 saturated heterocycles. The van der Waals surface area contributed by atoms with Crippen LogP contribution in [-0.4, -0.2) is 211 Å². The first kappa shape index (κ1) is 84.3. The van der Waals surface area contributed by atoms with Gasteiger partial charge in [-0.1, -0.05) is 125 Å². The number of para-hydroxylation sites is 1. The van der Waals surface area contributed by atoms with E-state index in [4.69, 9.17) is 28.7 Å². The van der Waals surface area contributed by atoms with Crippen LogP contribution >= 0.6 is 33.3 Å². The van der Waals surface area contributed by atoms with Crippen LogP contribution < -0.4 is 81.8 Å². The van der Waals surface area contributed by atoms with Crippen molar-refractivity contribution in [2.24, 2.45) is 33.7 Å². The molecule has 0 radical (unpaired) electrons. The van der Waals surface area contributed by atoms with Crippen molar-refractivity contribution >= 4 is 127 Å². The summed E-state index contributed by atoms with van der Waals surface area (Å²) in [5.41, 5.74) is 32.7. The molecule has 33 nitrogen and oxygen atoms in total. The van der Waals surface area contributed by atoms with Gasteiger partial charge in [-0.15, -0.1) is 11.8 Å². The Bertz CT molecular complexity index is 4270. The number of guanidine groups is 1. The second kappa shape index (κ2) is 41.3. The zero-order valence-corrected chi connectivity index (χ0v) is 62.8. The Kier molecular flexibility index (Phi) is 31.6. The van der Waals surface area contributed by atoms with E-state index in [-0.39, 0.29) is 92.8 Å². The SMILES string of the molecule is C[C@@H]1NC(=O)[C@@H](NC(=O)[C@@H](N)Cc2ccc(O)cc2)CSSC[C@@H](C(=O)N[C@@H](Cc2ccc(O)cc2)C(N)=O)NC(=O)[C@H](Cc2ccccc2)NC(=O)[C@H](C)NC(=O)[C@H](CC(N)=O)NC(=O)[C@H](Cc2c[nH]c3ccccc23)N2C[C@H](CCCN=C(N)N)NC(=O)[C@@H](CSCC2=O)NC(=O)[C@@H](Cc2ccccc2)NC1=O. The molecule has 5 aromatic carbocycles. The van der Waals surface area contributed by atoms with Gasteiger partial charge in [0.25, 0.3) is 0 Å². The quantitative estimate of drug-likeness (QED) is 0.0123. The molecule has 110 heavy (non-hydrogen) atoms. The molecule has 4 heterocycles. The van der Waals surface area contributed by atoms with Gasteiger partial charge in [-0.2, -0.15) is 0 Å². The summed E-state index contributed by atoms with van der Waals surface area (Å²) in [4.78, 5) is 197. The molecule has 3 aliphatic rings. The molecular formula is C74H92N18O15S3. The topological polar surface area (TPSA) is 544 Å². The first-order valence-electron chi connectivity index (χ1n) is 35.3. The van der Waals surface area contributed by atoms with Crippen LogP contribution in [0.2, 0.25) is 0 Å². The number of amides is 13. The number of aromatic nitrogens is 1. The van der Waals surface area contributed by atoms with Crippen molar-refractivity contribution in [2.75, 3.05) is 36.1 Å². The molecule has 0 spiro atoms. The lowest BCUT2D eigenvalue weighted by atomic mass is 10.00. The second-order valence-corrected chi connectivity index (χ2v) is 30.1. The number of hydrogen-bond acceptors (Lipinski definition) is 20. The molecule has 0 saturated carbocycles. The lowest BCUT2D eigenvalue weighted by Crippen LogP contribution is -2.62. The molecule has 3 fully saturated rings. The minimum Gasteiger partial charge on any atom is -0.508 e. The fourth-order valence-electron chi connectivity index (χ4n) is 12.0. The number of nitrogens with two attached hydrogens (primary N) is 5. The van der Waals surface area contributed by atoms with Gasteiger partial charge in [0.05, 0.1) is 18.2 Å². The molecule has 0 aliphatic carbocycles. The Labute approximate surface area is 645 Å². The third-order valence-corrected chi connectivity index (χ3v) is 21.4. The van der Waals surface area contributed by atoms with Gasteiger partial charge in [-0.05, 0) is 91.3 Å². The van der Waals surface area contributed by atoms with Crippen LogP contribution in [0.5, 0.6) is 11.5 Å². The van der Waals surface area contributed by atoms with Crippen LogP contribution in [0.4, 0.5) is 0 Å². The summed E-state index contributed by atoms with van der Waals surface area (Å²) >= 11 is 0.929. The van der Waals surface area contributed by atoms with Crippen LogP contribution in [0.15, 0.2) is 145 Å². The predicted octanol–water partition coefficient (Wildman–Crippen LogP) is -1.94. The van der Waals surface area contributed by atoms with E-state index in [1.165, 1.54) is 55.1 Å². The van der Waals surface area contributed by atoms with E-state index < -0.39 is 161 Å². The van der Waals surface area contributed by atoms with Gasteiger partial charge in [0.15, 0.2) is 5.96 Å². The third-order valence-electron chi connectivity index (χ3n) is 18.0. The first-order chi connectivity index (χ1) is 52.6. The number of thioether (sulfide) groups is 1. The number of H-pyrrole nitrogens is 1. The summed E-state index contributed by atoms with van der Waals surface area (Å²) in [5, 5.41) is 47.3. The highest BCUT2D eigenvalue weighted by atomic mass is 33.1. The normalized spacial score (nSPS) is 22.6. The largest absolute Gasteiger partial charge is 0.508 e. The maximum atomic E-state index is 15.4. The number of carbonyl (C=O) groups excluding carboxylic acids is 13. The number of carbonyl (C=O) groups is 13. The van der Waals surface area contributed by atoms with Crippen molar-refractivity contribution in [2.45, 2.75) is 138 Å². The molecule has 13 amide bonds. The number of fused-ring (bicyclic) bond motifs is 32. The van der Waals surface area contributed by atoms with Crippen molar-refractivity contribution in [1.82, 2.24) is 63.1 Å². The summed E-state index contributed by atoms with van der Waals surface area (Å²) in [7, 11) is 1.81. The Balaban J connectivity index is 1.19. The molecule has 23 N–H and O–H groups in total. The highest BCUT2D eigenvalue weighted by Crippen LogP contribution is 2.26. The molecular weight excluding hydrogens is 1480 g/mol. The van der Waals surface area contributed by atoms with Crippen molar-refractivity contribution < 1.29 is 72.5 Å². The number of nitrogens with one attached hydrogen (secondary N) is 11. The van der Waals surface area contributed by atoms with Gasteiger partial charge in [0.2, 0.25) is 76.8 Å². The number of aliphatic imine (C=N–C) groups is 1. The Hall–Kier alpha value is -11.4. The van der Waals surface area contributed by atoms with Gasteiger partial charge in [0.1, 0.15) is 71.9 Å². The lowest BCUT2D eigenvalue weighted by Gasteiger charge is -2.36. The fraction of sp³-hybridized carbons (Fsp3) is 0.378. The minimum absolute atomic E-state index is 0.0459. The summed E-state index contributed by atoms with van der Waals surface area (Å²) in [6, 6.07) is 17.9. The van der Waals surface area contributed by atoms with Gasteiger partial charge >= 0.3 is 0 Å². The Morgan fingerprint density at radius 3 is 1.71 bits per heavy atom. The van der Waals surface area contributed by atoms with E-state index in [1.54, 1.807) is 103 Å². The maximum Gasteiger partial charge on any atom is 0.244 e. The first-order valence-corrected chi connectivity index (χ1v) is 38.9. The highest BCUT2D eigenvalue weighted by molar-refractivity contribution is 8.76. The van der Waals surface area contributed by atoms with Crippen molar-refractivity contribution in [3.05, 3.63) is 167 Å². The van der Waals surface area contributed by atoms with Crippen LogP contribution in [0, 0.1) is 0 Å². The van der Waals surface area contributed by atoms with Crippen LogP contribution in [0.25, 0.3) is 10.9 Å². The van der Waals surface area contributed by atoms with Crippen LogP contribution in [-0.2, 0) is 94.4 Å². The summed E-state index contributed by atoms with van der Waals surface area (Å²) in [6.07, 6.45) is 0.176. The zero-order chi connectivity index (χ0) is 79.6. The molecule has 586 valence electrons. The molecule has 9 rings (SSSR count). The van der Waals surface area contributed by atoms with Gasteiger partial charge < -0.3 is 102 Å². The molecule has 12 atom stereocenters. The number of benzene rings is 5. The van der Waals surface area contributed by atoms with E-state index in [1.807, 2.05) is 0 Å². The predicted molar refractivity (Wildman–Crippen MR) is 415 cm³/mol. The summed E-state index contributed by atoms with van der Waals surface area (Å²) in [6.45, 7) is 2.23. The average Bonchev–Trinajstić information content (AvgIpc) is 1.75. The minimum atomic E-state index is -1.83. The van der Waals surface area contributed by atoms with Crippen molar-refractivity contribution in [3.8, 4) is 11.5 Å². The molecule has 36 heteroatoms. The van der Waals surface area contributed by atoms with Gasteiger partial charge in [0, 0.05) is 79.2 Å². The van der Waals surface area contributed by atoms with E-state index >= 15 is 9.59 Å².